The largest absolute Gasteiger partial charge is 0.497 e. The Labute approximate surface area is 137 Å². The number of carbonyl (C=O) groups excluding carboxylic acids is 1. The highest BCUT2D eigenvalue weighted by molar-refractivity contribution is 9.11. The van der Waals surface area contributed by atoms with Crippen LogP contribution in [0.4, 0.5) is 0 Å². The molecule has 0 aliphatic rings. The van der Waals surface area contributed by atoms with Crippen LogP contribution in [-0.2, 0) is 17.8 Å². The molecule has 1 aromatic heterocycles. The summed E-state index contributed by atoms with van der Waals surface area (Å²) in [6, 6.07) is 11.9. The van der Waals surface area contributed by atoms with Crippen molar-refractivity contribution in [2.24, 2.45) is 0 Å². The van der Waals surface area contributed by atoms with Gasteiger partial charge in [0.2, 0.25) is 5.91 Å². The number of hydrogen-bond acceptors (Lipinski definition) is 3. The molecule has 0 aliphatic carbocycles. The van der Waals surface area contributed by atoms with E-state index in [-0.39, 0.29) is 5.91 Å². The average Bonchev–Trinajstić information content (AvgIpc) is 2.91. The predicted octanol–water partition coefficient (Wildman–Crippen LogP) is 4.16. The molecule has 21 heavy (non-hydrogen) atoms. The van der Waals surface area contributed by atoms with E-state index >= 15 is 0 Å². The van der Waals surface area contributed by atoms with E-state index in [1.54, 1.807) is 18.4 Å². The van der Waals surface area contributed by atoms with E-state index in [4.69, 9.17) is 4.74 Å². The van der Waals surface area contributed by atoms with Crippen molar-refractivity contribution in [3.63, 3.8) is 0 Å². The van der Waals surface area contributed by atoms with Crippen LogP contribution < -0.4 is 10.1 Å². The summed E-state index contributed by atoms with van der Waals surface area (Å²) in [5, 5.41) is 2.94. The van der Waals surface area contributed by atoms with E-state index in [0.717, 1.165) is 27.9 Å². The lowest BCUT2D eigenvalue weighted by atomic mass is 10.2. The molecule has 0 saturated carbocycles. The van der Waals surface area contributed by atoms with Crippen molar-refractivity contribution in [2.75, 3.05) is 7.11 Å². The Morgan fingerprint density at radius 3 is 2.62 bits per heavy atom. The predicted molar refractivity (Wildman–Crippen MR) is 89.8 cm³/mol. The molecule has 0 bridgehead atoms. The number of rotatable bonds is 7. The molecule has 5 heteroatoms. The van der Waals surface area contributed by atoms with Gasteiger partial charge in [0.05, 0.1) is 10.9 Å². The van der Waals surface area contributed by atoms with Crippen molar-refractivity contribution in [3.05, 3.63) is 50.6 Å². The summed E-state index contributed by atoms with van der Waals surface area (Å²) < 4.78 is 6.24. The molecule has 1 amide bonds. The maximum atomic E-state index is 11.8. The third kappa shape index (κ3) is 5.52. The number of benzene rings is 1. The summed E-state index contributed by atoms with van der Waals surface area (Å²) in [5.74, 6) is 0.925. The quantitative estimate of drug-likeness (QED) is 0.797. The number of thiophene rings is 1. The van der Waals surface area contributed by atoms with Gasteiger partial charge in [-0.15, -0.1) is 11.3 Å². The molecular weight excluding hydrogens is 350 g/mol. The smallest absolute Gasteiger partial charge is 0.220 e. The summed E-state index contributed by atoms with van der Waals surface area (Å²) >= 11 is 5.17. The van der Waals surface area contributed by atoms with Crippen LogP contribution in [0.1, 0.15) is 23.3 Å². The van der Waals surface area contributed by atoms with Crippen molar-refractivity contribution < 1.29 is 9.53 Å². The van der Waals surface area contributed by atoms with Gasteiger partial charge in [0, 0.05) is 17.8 Å². The second-order valence-corrected chi connectivity index (χ2v) is 7.23. The molecule has 2 aromatic rings. The van der Waals surface area contributed by atoms with Crippen LogP contribution >= 0.6 is 27.3 Å². The highest BCUT2D eigenvalue weighted by Crippen LogP contribution is 2.23. The van der Waals surface area contributed by atoms with Crippen LogP contribution in [0.3, 0.4) is 0 Å². The third-order valence-electron chi connectivity index (χ3n) is 3.10. The SMILES string of the molecule is COc1ccc(CNC(=O)CCCc2ccc(Br)s2)cc1. The van der Waals surface area contributed by atoms with Crippen molar-refractivity contribution in [3.8, 4) is 5.75 Å². The average molecular weight is 368 g/mol. The van der Waals surface area contributed by atoms with Crippen molar-refractivity contribution in [1.82, 2.24) is 5.32 Å². The highest BCUT2D eigenvalue weighted by atomic mass is 79.9. The minimum Gasteiger partial charge on any atom is -0.497 e. The first-order chi connectivity index (χ1) is 10.2. The van der Waals surface area contributed by atoms with Gasteiger partial charge in [0.1, 0.15) is 5.75 Å². The van der Waals surface area contributed by atoms with E-state index in [2.05, 4.69) is 27.3 Å². The lowest BCUT2D eigenvalue weighted by Gasteiger charge is -2.06. The topological polar surface area (TPSA) is 38.3 Å². The highest BCUT2D eigenvalue weighted by Gasteiger charge is 2.03. The van der Waals surface area contributed by atoms with Gasteiger partial charge in [-0.25, -0.2) is 0 Å². The van der Waals surface area contributed by atoms with Gasteiger partial charge in [-0.3, -0.25) is 4.79 Å². The van der Waals surface area contributed by atoms with Gasteiger partial charge in [0.15, 0.2) is 0 Å². The molecule has 1 aromatic carbocycles. The number of carbonyl (C=O) groups is 1. The summed E-state index contributed by atoms with van der Waals surface area (Å²) in [6.07, 6.45) is 2.39. The van der Waals surface area contributed by atoms with Gasteiger partial charge in [-0.2, -0.15) is 0 Å². The lowest BCUT2D eigenvalue weighted by Crippen LogP contribution is -2.22. The van der Waals surface area contributed by atoms with Crippen molar-refractivity contribution in [2.45, 2.75) is 25.8 Å². The van der Waals surface area contributed by atoms with Gasteiger partial charge in [-0.05, 0) is 58.6 Å². The van der Waals surface area contributed by atoms with Gasteiger partial charge < -0.3 is 10.1 Å². The number of ether oxygens (including phenoxy) is 1. The summed E-state index contributed by atoms with van der Waals surface area (Å²) in [4.78, 5) is 13.1. The molecule has 1 N–H and O–H groups in total. The van der Waals surface area contributed by atoms with Crippen molar-refractivity contribution >= 4 is 33.2 Å². The summed E-state index contributed by atoms with van der Waals surface area (Å²) in [6.45, 7) is 0.563. The number of aryl methyl sites for hydroxylation is 1. The van der Waals surface area contributed by atoms with Crippen LogP contribution in [0, 0.1) is 0 Å². The summed E-state index contributed by atoms with van der Waals surface area (Å²) in [7, 11) is 1.64. The monoisotopic (exact) mass is 367 g/mol. The second kappa shape index (κ2) is 8.20. The Hall–Kier alpha value is -1.33. The minimum atomic E-state index is 0.0986. The number of amides is 1. The van der Waals surface area contributed by atoms with E-state index in [9.17, 15) is 4.79 Å². The molecule has 0 unspecified atom stereocenters. The fourth-order valence-corrected chi connectivity index (χ4v) is 3.47. The first-order valence-corrected chi connectivity index (χ1v) is 8.42. The molecule has 0 radical (unpaired) electrons. The van der Waals surface area contributed by atoms with Crippen molar-refractivity contribution in [1.29, 1.82) is 0 Å². The summed E-state index contributed by atoms with van der Waals surface area (Å²) in [5.41, 5.74) is 1.08. The molecule has 0 fully saturated rings. The molecule has 1 heterocycles. The van der Waals surface area contributed by atoms with E-state index in [0.29, 0.717) is 13.0 Å². The van der Waals surface area contributed by atoms with Crippen LogP contribution in [0.2, 0.25) is 0 Å². The zero-order chi connectivity index (χ0) is 15.1. The molecule has 0 aliphatic heterocycles. The second-order valence-electron chi connectivity index (χ2n) is 4.68. The van der Waals surface area contributed by atoms with Gasteiger partial charge >= 0.3 is 0 Å². The minimum absolute atomic E-state index is 0.0986. The number of halogens is 1. The Balaban J connectivity index is 1.67. The molecule has 112 valence electrons. The van der Waals surface area contributed by atoms with Crippen LogP contribution in [0.25, 0.3) is 0 Å². The first-order valence-electron chi connectivity index (χ1n) is 6.81. The van der Waals surface area contributed by atoms with Crippen LogP contribution in [0.15, 0.2) is 40.2 Å². The zero-order valence-corrected chi connectivity index (χ0v) is 14.3. The number of nitrogens with one attached hydrogen (secondary N) is 1. The van der Waals surface area contributed by atoms with Gasteiger partial charge in [0.25, 0.3) is 0 Å². The molecule has 0 saturated heterocycles. The standard InChI is InChI=1S/C16H18BrNO2S/c1-20-13-7-5-12(6-8-13)11-18-16(19)4-2-3-14-9-10-15(17)21-14/h5-10H,2-4,11H2,1H3,(H,18,19). The first kappa shape index (κ1) is 16.0. The van der Waals surface area contributed by atoms with Crippen LogP contribution in [-0.4, -0.2) is 13.0 Å². The molecule has 3 nitrogen and oxygen atoms in total. The maximum Gasteiger partial charge on any atom is 0.220 e. The fraction of sp³-hybridized carbons (Fsp3) is 0.312. The third-order valence-corrected chi connectivity index (χ3v) is 4.79. The zero-order valence-electron chi connectivity index (χ0n) is 11.9. The Bertz CT molecular complexity index is 580. The molecular formula is C16H18BrNO2S. The number of methoxy groups -OCH3 is 1. The fourth-order valence-electron chi connectivity index (χ4n) is 1.94. The normalized spacial score (nSPS) is 10.4. The molecule has 0 atom stereocenters. The Morgan fingerprint density at radius 2 is 2.00 bits per heavy atom. The maximum absolute atomic E-state index is 11.8. The number of hydrogen-bond donors (Lipinski definition) is 1. The van der Waals surface area contributed by atoms with Gasteiger partial charge in [-0.1, -0.05) is 12.1 Å². The Morgan fingerprint density at radius 1 is 1.24 bits per heavy atom. The Kier molecular flexibility index (Phi) is 6.26. The molecule has 2 rings (SSSR count). The lowest BCUT2D eigenvalue weighted by molar-refractivity contribution is -0.121. The van der Waals surface area contributed by atoms with E-state index in [1.807, 2.05) is 30.3 Å². The van der Waals surface area contributed by atoms with E-state index in [1.165, 1.54) is 4.88 Å². The molecule has 0 spiro atoms. The van der Waals surface area contributed by atoms with Crippen LogP contribution in [0.5, 0.6) is 5.75 Å². The van der Waals surface area contributed by atoms with E-state index < -0.39 is 0 Å².